The predicted molar refractivity (Wildman–Crippen MR) is 80.7 cm³/mol. The molecular formula is C14H21N3O2S. The molecule has 5 nitrogen and oxygen atoms in total. The molecule has 0 atom stereocenters. The van der Waals surface area contributed by atoms with Crippen LogP contribution in [0.4, 0.5) is 5.00 Å². The minimum absolute atomic E-state index is 0.0846. The van der Waals surface area contributed by atoms with E-state index in [1.807, 2.05) is 6.07 Å². The number of aliphatic hydroxyl groups excluding tert-OH is 1. The van der Waals surface area contributed by atoms with Crippen molar-refractivity contribution in [1.82, 2.24) is 4.90 Å². The monoisotopic (exact) mass is 295 g/mol. The number of hydrogen-bond acceptors (Lipinski definition) is 5. The fourth-order valence-corrected chi connectivity index (χ4v) is 2.58. The van der Waals surface area contributed by atoms with Crippen molar-refractivity contribution >= 4 is 22.2 Å². The summed E-state index contributed by atoms with van der Waals surface area (Å²) in [4.78, 5) is 14.1. The maximum atomic E-state index is 11.9. The van der Waals surface area contributed by atoms with Gasteiger partial charge in [0.15, 0.2) is 0 Å². The Bertz CT molecular complexity index is 465. The van der Waals surface area contributed by atoms with Gasteiger partial charge in [-0.05, 0) is 31.7 Å². The molecule has 0 aliphatic heterocycles. The Hall–Kier alpha value is -1.42. The molecule has 1 rings (SSSR count). The van der Waals surface area contributed by atoms with Crippen molar-refractivity contribution in [3.8, 4) is 6.07 Å². The molecule has 0 fully saturated rings. The van der Waals surface area contributed by atoms with Crippen molar-refractivity contribution in [2.45, 2.75) is 32.7 Å². The second-order valence-corrected chi connectivity index (χ2v) is 5.70. The second-order valence-electron chi connectivity index (χ2n) is 4.78. The number of carbonyl (C=O) groups excluding carboxylic acids is 1. The minimum atomic E-state index is -0.0846. The van der Waals surface area contributed by atoms with Crippen LogP contribution in [0, 0.1) is 11.3 Å². The highest BCUT2D eigenvalue weighted by molar-refractivity contribution is 7.14. The number of hydrogen-bond donors (Lipinski definition) is 2. The van der Waals surface area contributed by atoms with Gasteiger partial charge in [0.2, 0.25) is 5.91 Å². The van der Waals surface area contributed by atoms with E-state index < -0.39 is 0 Å². The molecule has 0 unspecified atom stereocenters. The number of aliphatic hydroxyl groups is 1. The van der Waals surface area contributed by atoms with Gasteiger partial charge in [0.05, 0.1) is 5.56 Å². The third kappa shape index (κ3) is 5.29. The first-order valence-electron chi connectivity index (χ1n) is 6.70. The van der Waals surface area contributed by atoms with E-state index in [0.717, 1.165) is 6.54 Å². The normalized spacial score (nSPS) is 10.8. The van der Waals surface area contributed by atoms with E-state index in [-0.39, 0.29) is 12.5 Å². The summed E-state index contributed by atoms with van der Waals surface area (Å²) < 4.78 is 0. The van der Waals surface area contributed by atoms with Crippen LogP contribution in [0.5, 0.6) is 0 Å². The number of rotatable bonds is 8. The fraction of sp³-hybridized carbons (Fsp3) is 0.571. The molecule has 0 radical (unpaired) electrons. The average Bonchev–Trinajstić information content (AvgIpc) is 2.85. The van der Waals surface area contributed by atoms with Crippen molar-refractivity contribution in [3.63, 3.8) is 0 Å². The zero-order valence-electron chi connectivity index (χ0n) is 11.9. The molecule has 2 N–H and O–H groups in total. The number of thiophene rings is 1. The lowest BCUT2D eigenvalue weighted by molar-refractivity contribution is -0.116. The van der Waals surface area contributed by atoms with Gasteiger partial charge in [-0.25, -0.2) is 0 Å². The van der Waals surface area contributed by atoms with Crippen molar-refractivity contribution in [3.05, 3.63) is 17.0 Å². The number of anilines is 1. The number of amides is 1. The third-order valence-electron chi connectivity index (χ3n) is 3.00. The van der Waals surface area contributed by atoms with Crippen molar-refractivity contribution in [2.75, 3.05) is 25.0 Å². The van der Waals surface area contributed by atoms with Gasteiger partial charge in [-0.2, -0.15) is 5.26 Å². The quantitative estimate of drug-likeness (QED) is 0.769. The highest BCUT2D eigenvalue weighted by Crippen LogP contribution is 2.22. The van der Waals surface area contributed by atoms with Crippen LogP contribution in [-0.4, -0.2) is 41.7 Å². The maximum absolute atomic E-state index is 11.9. The molecular weight excluding hydrogens is 274 g/mol. The van der Waals surface area contributed by atoms with Crippen LogP contribution in [0.3, 0.4) is 0 Å². The molecule has 0 bridgehead atoms. The molecule has 0 spiro atoms. The molecule has 6 heteroatoms. The van der Waals surface area contributed by atoms with E-state index in [1.165, 1.54) is 11.3 Å². The van der Waals surface area contributed by atoms with Crippen molar-refractivity contribution in [1.29, 1.82) is 5.26 Å². The summed E-state index contributed by atoms with van der Waals surface area (Å²) >= 11 is 1.36. The van der Waals surface area contributed by atoms with Crippen LogP contribution < -0.4 is 5.32 Å². The molecule has 20 heavy (non-hydrogen) atoms. The molecule has 1 heterocycles. The van der Waals surface area contributed by atoms with Crippen LogP contribution in [-0.2, 0) is 4.79 Å². The molecule has 110 valence electrons. The Kier molecular flexibility index (Phi) is 7.23. The van der Waals surface area contributed by atoms with Crippen LogP contribution in [0.2, 0.25) is 0 Å². The van der Waals surface area contributed by atoms with E-state index in [4.69, 9.17) is 10.4 Å². The number of nitriles is 1. The summed E-state index contributed by atoms with van der Waals surface area (Å²) in [6, 6.07) is 4.08. The number of nitrogens with one attached hydrogen (secondary N) is 1. The van der Waals surface area contributed by atoms with E-state index >= 15 is 0 Å². The van der Waals surface area contributed by atoms with Crippen molar-refractivity contribution in [2.24, 2.45) is 0 Å². The summed E-state index contributed by atoms with van der Waals surface area (Å²) in [5, 5.41) is 22.9. The topological polar surface area (TPSA) is 76.4 Å². The number of carbonyl (C=O) groups is 1. The largest absolute Gasteiger partial charge is 0.396 e. The van der Waals surface area contributed by atoms with Gasteiger partial charge in [-0.3, -0.25) is 4.79 Å². The minimum Gasteiger partial charge on any atom is -0.396 e. The maximum Gasteiger partial charge on any atom is 0.226 e. The Labute approximate surface area is 123 Å². The first-order chi connectivity index (χ1) is 9.58. The summed E-state index contributed by atoms with van der Waals surface area (Å²) in [6.07, 6.45) is 1.09. The highest BCUT2D eigenvalue weighted by atomic mass is 32.1. The van der Waals surface area contributed by atoms with Crippen LogP contribution in [0.1, 0.15) is 32.3 Å². The first-order valence-corrected chi connectivity index (χ1v) is 7.58. The van der Waals surface area contributed by atoms with E-state index in [2.05, 4.69) is 24.1 Å². The van der Waals surface area contributed by atoms with Crippen LogP contribution in [0.15, 0.2) is 11.4 Å². The smallest absolute Gasteiger partial charge is 0.226 e. The molecule has 0 aromatic carbocycles. The lowest BCUT2D eigenvalue weighted by Gasteiger charge is -2.25. The molecule has 0 saturated carbocycles. The lowest BCUT2D eigenvalue weighted by Crippen LogP contribution is -2.35. The van der Waals surface area contributed by atoms with Gasteiger partial charge in [0.25, 0.3) is 0 Å². The van der Waals surface area contributed by atoms with Gasteiger partial charge in [-0.1, -0.05) is 0 Å². The zero-order chi connectivity index (χ0) is 15.0. The van der Waals surface area contributed by atoms with Crippen LogP contribution in [0.25, 0.3) is 0 Å². The van der Waals surface area contributed by atoms with Crippen LogP contribution >= 0.6 is 11.3 Å². The van der Waals surface area contributed by atoms with E-state index in [1.54, 1.807) is 11.4 Å². The molecule has 0 aliphatic carbocycles. The SMILES string of the molecule is CC(C)N(CCCO)CCC(=O)Nc1sccc1C#N. The molecule has 1 amide bonds. The van der Waals surface area contributed by atoms with E-state index in [9.17, 15) is 4.79 Å². The molecule has 1 aromatic heterocycles. The summed E-state index contributed by atoms with van der Waals surface area (Å²) in [7, 11) is 0. The summed E-state index contributed by atoms with van der Waals surface area (Å²) in [5.41, 5.74) is 0.504. The second kappa shape index (κ2) is 8.69. The van der Waals surface area contributed by atoms with E-state index in [0.29, 0.717) is 36.0 Å². The Morgan fingerprint density at radius 1 is 1.55 bits per heavy atom. The van der Waals surface area contributed by atoms with Crippen molar-refractivity contribution < 1.29 is 9.90 Å². The lowest BCUT2D eigenvalue weighted by atomic mass is 10.2. The Balaban J connectivity index is 2.44. The standard InChI is InChI=1S/C14H21N3O2S/c1-11(2)17(6-3-8-18)7-4-13(19)16-14-12(10-15)5-9-20-14/h5,9,11,18H,3-4,6-8H2,1-2H3,(H,16,19). The molecule has 1 aromatic rings. The molecule has 0 saturated heterocycles. The summed E-state index contributed by atoms with van der Waals surface area (Å²) in [5.74, 6) is -0.0846. The third-order valence-corrected chi connectivity index (χ3v) is 3.83. The fourth-order valence-electron chi connectivity index (χ4n) is 1.83. The zero-order valence-corrected chi connectivity index (χ0v) is 12.7. The Morgan fingerprint density at radius 3 is 2.90 bits per heavy atom. The number of nitrogens with zero attached hydrogens (tertiary/aromatic N) is 2. The highest BCUT2D eigenvalue weighted by Gasteiger charge is 2.13. The average molecular weight is 295 g/mol. The van der Waals surface area contributed by atoms with Gasteiger partial charge in [-0.15, -0.1) is 11.3 Å². The van der Waals surface area contributed by atoms with Gasteiger partial charge in [0, 0.05) is 32.2 Å². The van der Waals surface area contributed by atoms with Gasteiger partial charge >= 0.3 is 0 Å². The predicted octanol–water partition coefficient (Wildman–Crippen LogP) is 2.04. The van der Waals surface area contributed by atoms with Gasteiger partial charge < -0.3 is 15.3 Å². The Morgan fingerprint density at radius 2 is 2.30 bits per heavy atom. The first kappa shape index (κ1) is 16.6. The summed E-state index contributed by atoms with van der Waals surface area (Å²) in [6.45, 7) is 5.74. The van der Waals surface area contributed by atoms with Gasteiger partial charge in [0.1, 0.15) is 11.1 Å². The molecule has 0 aliphatic rings.